The Morgan fingerprint density at radius 3 is 1.88 bits per heavy atom. The van der Waals surface area contributed by atoms with E-state index in [1.165, 1.54) is 32.6 Å². The fraction of sp³-hybridized carbons (Fsp3) is 0. The van der Waals surface area contributed by atoms with Crippen molar-refractivity contribution >= 4 is 71.6 Å². The first-order valence-electron chi connectivity index (χ1n) is 16.7. The van der Waals surface area contributed by atoms with Crippen molar-refractivity contribution in [2.24, 2.45) is 0 Å². The van der Waals surface area contributed by atoms with Gasteiger partial charge in [0.15, 0.2) is 0 Å². The van der Waals surface area contributed by atoms with E-state index in [1.807, 2.05) is 0 Å². The lowest BCUT2D eigenvalue weighted by Gasteiger charge is -2.26. The number of para-hydroxylation sites is 3. The van der Waals surface area contributed by atoms with E-state index in [2.05, 4.69) is 191 Å². The van der Waals surface area contributed by atoms with Gasteiger partial charge in [0.1, 0.15) is 11.2 Å². The van der Waals surface area contributed by atoms with E-state index < -0.39 is 0 Å². The topological polar surface area (TPSA) is 21.3 Å². The maximum Gasteiger partial charge on any atom is 0.137 e. The summed E-state index contributed by atoms with van der Waals surface area (Å²) in [4.78, 5) is 2.32. The molecule has 0 radical (unpaired) electrons. The van der Waals surface area contributed by atoms with Crippen LogP contribution >= 0.6 is 0 Å². The van der Waals surface area contributed by atoms with E-state index in [0.717, 1.165) is 55.8 Å². The Balaban J connectivity index is 1.10. The number of anilines is 3. The van der Waals surface area contributed by atoms with Crippen molar-refractivity contribution in [1.82, 2.24) is 4.57 Å². The van der Waals surface area contributed by atoms with Crippen molar-refractivity contribution in [2.45, 2.75) is 0 Å². The van der Waals surface area contributed by atoms with Crippen LogP contribution in [-0.2, 0) is 0 Å². The first-order chi connectivity index (χ1) is 24.3. The molecule has 49 heavy (non-hydrogen) atoms. The van der Waals surface area contributed by atoms with Crippen LogP contribution in [0.2, 0.25) is 0 Å². The van der Waals surface area contributed by atoms with E-state index >= 15 is 0 Å². The largest absolute Gasteiger partial charge is 0.456 e. The molecule has 0 atom stereocenters. The van der Waals surface area contributed by atoms with Crippen molar-refractivity contribution < 1.29 is 4.42 Å². The van der Waals surface area contributed by atoms with Crippen LogP contribution < -0.4 is 4.90 Å². The Morgan fingerprint density at radius 1 is 0.388 bits per heavy atom. The van der Waals surface area contributed by atoms with E-state index in [1.54, 1.807) is 0 Å². The van der Waals surface area contributed by atoms with Gasteiger partial charge in [0.05, 0.1) is 16.7 Å². The maximum atomic E-state index is 6.65. The zero-order chi connectivity index (χ0) is 32.3. The Morgan fingerprint density at radius 2 is 1.02 bits per heavy atom. The van der Waals surface area contributed by atoms with Gasteiger partial charge in [-0.2, -0.15) is 0 Å². The van der Waals surface area contributed by atoms with Crippen LogP contribution in [0.5, 0.6) is 0 Å². The molecule has 0 saturated heterocycles. The lowest BCUT2D eigenvalue weighted by atomic mass is 10.0. The lowest BCUT2D eigenvalue weighted by molar-refractivity contribution is 0.669. The van der Waals surface area contributed by atoms with Crippen molar-refractivity contribution in [3.8, 4) is 16.8 Å². The highest BCUT2D eigenvalue weighted by molar-refractivity contribution is 6.11. The third-order valence-corrected chi connectivity index (χ3v) is 9.76. The minimum Gasteiger partial charge on any atom is -0.456 e. The van der Waals surface area contributed by atoms with Crippen LogP contribution in [0.4, 0.5) is 17.1 Å². The van der Waals surface area contributed by atoms with Crippen molar-refractivity contribution in [3.05, 3.63) is 182 Å². The summed E-state index contributed by atoms with van der Waals surface area (Å²) in [6, 6.07) is 64.8. The molecule has 0 unspecified atom stereocenters. The molecule has 3 nitrogen and oxygen atoms in total. The summed E-state index contributed by atoms with van der Waals surface area (Å²) in [5, 5.41) is 7.12. The van der Waals surface area contributed by atoms with Gasteiger partial charge in [-0.05, 0) is 89.3 Å². The molecule has 0 saturated carbocycles. The quantitative estimate of drug-likeness (QED) is 0.190. The van der Waals surface area contributed by atoms with Crippen molar-refractivity contribution in [3.63, 3.8) is 0 Å². The molecular weight excluding hydrogens is 597 g/mol. The number of rotatable bonds is 5. The van der Waals surface area contributed by atoms with Gasteiger partial charge in [-0.15, -0.1) is 0 Å². The zero-order valence-corrected chi connectivity index (χ0v) is 26.6. The van der Waals surface area contributed by atoms with Gasteiger partial charge in [-0.1, -0.05) is 103 Å². The van der Waals surface area contributed by atoms with Crippen LogP contribution in [0, 0.1) is 0 Å². The van der Waals surface area contributed by atoms with Crippen LogP contribution in [0.3, 0.4) is 0 Å². The van der Waals surface area contributed by atoms with Crippen LogP contribution in [-0.4, -0.2) is 4.57 Å². The summed E-state index contributed by atoms with van der Waals surface area (Å²) < 4.78 is 9.01. The molecule has 230 valence electrons. The fourth-order valence-corrected chi connectivity index (χ4v) is 7.50. The van der Waals surface area contributed by atoms with Gasteiger partial charge >= 0.3 is 0 Å². The monoisotopic (exact) mass is 626 g/mol. The molecule has 3 heteroatoms. The van der Waals surface area contributed by atoms with E-state index in [4.69, 9.17) is 4.42 Å². The Labute approximate surface area is 283 Å². The third kappa shape index (κ3) is 4.44. The number of hydrogen-bond acceptors (Lipinski definition) is 2. The van der Waals surface area contributed by atoms with Crippen molar-refractivity contribution in [2.75, 3.05) is 4.90 Å². The number of hydrogen-bond donors (Lipinski definition) is 0. The molecule has 0 aliphatic rings. The first-order valence-corrected chi connectivity index (χ1v) is 16.7. The van der Waals surface area contributed by atoms with Crippen LogP contribution in [0.25, 0.3) is 71.3 Å². The molecule has 0 aliphatic carbocycles. The van der Waals surface area contributed by atoms with Gasteiger partial charge in [0, 0.05) is 50.1 Å². The van der Waals surface area contributed by atoms with E-state index in [9.17, 15) is 0 Å². The highest BCUT2D eigenvalue weighted by Gasteiger charge is 2.18. The average molecular weight is 627 g/mol. The Bertz CT molecular complexity index is 2820. The molecule has 2 heterocycles. The minimum atomic E-state index is 0.868. The summed E-state index contributed by atoms with van der Waals surface area (Å²) in [5.74, 6) is 0. The molecular formula is C46H30N2O. The molecule has 0 N–H and O–H groups in total. The normalized spacial score (nSPS) is 11.7. The lowest BCUT2D eigenvalue weighted by Crippen LogP contribution is -2.10. The third-order valence-electron chi connectivity index (χ3n) is 9.76. The second-order valence-electron chi connectivity index (χ2n) is 12.6. The summed E-state index contributed by atoms with van der Waals surface area (Å²) in [6.07, 6.45) is 0. The molecule has 8 aromatic carbocycles. The minimum absolute atomic E-state index is 0.868. The molecule has 0 amide bonds. The molecule has 10 aromatic rings. The van der Waals surface area contributed by atoms with Gasteiger partial charge in [0.2, 0.25) is 0 Å². The summed E-state index contributed by atoms with van der Waals surface area (Å²) in [5.41, 5.74) is 10.9. The summed E-state index contributed by atoms with van der Waals surface area (Å²) in [7, 11) is 0. The van der Waals surface area contributed by atoms with Gasteiger partial charge in [-0.3, -0.25) is 0 Å². The Hall–Kier alpha value is -6.58. The fourth-order valence-electron chi connectivity index (χ4n) is 7.50. The summed E-state index contributed by atoms with van der Waals surface area (Å²) >= 11 is 0. The predicted molar refractivity (Wildman–Crippen MR) is 206 cm³/mol. The average Bonchev–Trinajstić information content (AvgIpc) is 3.70. The van der Waals surface area contributed by atoms with E-state index in [-0.39, 0.29) is 0 Å². The standard InChI is InChI=1S/C46H30N2O/c1-3-14-34(15-4-1)47(42-21-11-13-31-12-7-8-18-37(31)42)36-24-26-40-39-25-22-33(29-45(39)49-46(40)30-36)32-23-27-44-41(28-32)38-19-9-10-20-43(38)48(44)35-16-5-2-6-17-35/h1-30H. The van der Waals surface area contributed by atoms with Gasteiger partial charge in [-0.25, -0.2) is 0 Å². The SMILES string of the molecule is c1ccc(N(c2ccc3c(c2)oc2cc(-c4ccc5c(c4)c4ccccc4n5-c4ccccc4)ccc23)c2cccc3ccccc23)cc1. The predicted octanol–water partition coefficient (Wildman–Crippen LogP) is 13.0. The summed E-state index contributed by atoms with van der Waals surface area (Å²) in [6.45, 7) is 0. The highest BCUT2D eigenvalue weighted by atomic mass is 16.3. The first kappa shape index (κ1) is 27.5. The molecule has 0 spiro atoms. The number of nitrogens with zero attached hydrogens (tertiary/aromatic N) is 2. The smallest absolute Gasteiger partial charge is 0.137 e. The maximum absolute atomic E-state index is 6.65. The highest BCUT2D eigenvalue weighted by Crippen LogP contribution is 2.42. The van der Waals surface area contributed by atoms with E-state index in [0.29, 0.717) is 0 Å². The molecule has 10 rings (SSSR count). The number of aromatic nitrogens is 1. The number of furan rings is 1. The van der Waals surface area contributed by atoms with Gasteiger partial charge in [0.25, 0.3) is 0 Å². The van der Waals surface area contributed by atoms with Crippen molar-refractivity contribution in [1.29, 1.82) is 0 Å². The number of fused-ring (bicyclic) bond motifs is 7. The van der Waals surface area contributed by atoms with Gasteiger partial charge < -0.3 is 13.9 Å². The molecule has 2 aromatic heterocycles. The molecule has 0 fully saturated rings. The van der Waals surface area contributed by atoms with Crippen LogP contribution in [0.15, 0.2) is 186 Å². The second kappa shape index (κ2) is 11.0. The van der Waals surface area contributed by atoms with Crippen LogP contribution in [0.1, 0.15) is 0 Å². The number of benzene rings is 8. The Kier molecular flexibility index (Phi) is 6.18. The molecule has 0 bridgehead atoms. The zero-order valence-electron chi connectivity index (χ0n) is 26.6. The second-order valence-corrected chi connectivity index (χ2v) is 12.6. The molecule has 0 aliphatic heterocycles.